The van der Waals surface area contributed by atoms with Crippen molar-refractivity contribution < 1.29 is 5.11 Å². The molecule has 2 rings (SSSR count). The molecule has 1 heterocycles. The minimum atomic E-state index is 0.0521. The molecule has 0 saturated carbocycles. The van der Waals surface area contributed by atoms with E-state index in [1.54, 1.807) is 17.0 Å². The van der Waals surface area contributed by atoms with Crippen LogP contribution in [0.2, 0.25) is 0 Å². The molecule has 1 N–H and O–H groups in total. The van der Waals surface area contributed by atoms with Gasteiger partial charge in [0.1, 0.15) is 0 Å². The maximum atomic E-state index is 8.64. The Balaban J connectivity index is 2.24. The maximum absolute atomic E-state index is 8.64. The number of para-hydroxylation sites is 1. The second-order valence-electron chi connectivity index (χ2n) is 3.14. The Morgan fingerprint density at radius 3 is 2.80 bits per heavy atom. The summed E-state index contributed by atoms with van der Waals surface area (Å²) >= 11 is 0. The highest BCUT2D eigenvalue weighted by molar-refractivity contribution is 5.48. The highest BCUT2D eigenvalue weighted by Gasteiger charge is 1.96. The summed E-state index contributed by atoms with van der Waals surface area (Å²) in [6.07, 6.45) is 7.21. The summed E-state index contributed by atoms with van der Waals surface area (Å²) in [5, 5.41) is 12.9. The molecule has 0 bridgehead atoms. The van der Waals surface area contributed by atoms with Gasteiger partial charge in [-0.2, -0.15) is 5.10 Å². The standard InChI is InChI=1S/C12H12N2O/c15-8-4-5-11-9-13-14(10-11)12-6-2-1-3-7-12/h1-7,9-10,15H,8H2. The third-order valence-corrected chi connectivity index (χ3v) is 2.04. The Labute approximate surface area is 88.3 Å². The van der Waals surface area contributed by atoms with E-state index in [4.69, 9.17) is 5.11 Å². The van der Waals surface area contributed by atoms with Gasteiger partial charge in [-0.05, 0) is 12.1 Å². The minimum absolute atomic E-state index is 0.0521. The molecule has 0 aliphatic carbocycles. The first-order chi connectivity index (χ1) is 7.40. The van der Waals surface area contributed by atoms with Gasteiger partial charge in [0.2, 0.25) is 0 Å². The summed E-state index contributed by atoms with van der Waals surface area (Å²) in [5.74, 6) is 0. The number of aliphatic hydroxyl groups is 1. The molecule has 1 aromatic carbocycles. The van der Waals surface area contributed by atoms with Gasteiger partial charge in [-0.1, -0.05) is 30.4 Å². The van der Waals surface area contributed by atoms with E-state index in [1.165, 1.54) is 0 Å². The number of aliphatic hydroxyl groups excluding tert-OH is 1. The molecule has 0 spiro atoms. The topological polar surface area (TPSA) is 38.1 Å². The van der Waals surface area contributed by atoms with Crippen molar-refractivity contribution in [3.05, 3.63) is 54.4 Å². The molecule has 0 aliphatic heterocycles. The predicted octanol–water partition coefficient (Wildman–Crippen LogP) is 1.88. The van der Waals surface area contributed by atoms with Crippen LogP contribution in [0.4, 0.5) is 0 Å². The van der Waals surface area contributed by atoms with E-state index in [0.717, 1.165) is 11.3 Å². The summed E-state index contributed by atoms with van der Waals surface area (Å²) in [6.45, 7) is 0.0521. The number of hydrogen-bond donors (Lipinski definition) is 1. The van der Waals surface area contributed by atoms with Crippen LogP contribution in [0.15, 0.2) is 48.8 Å². The SMILES string of the molecule is OCC=Cc1cnn(-c2ccccc2)c1. The van der Waals surface area contributed by atoms with E-state index in [9.17, 15) is 0 Å². The molecule has 0 atom stereocenters. The third kappa shape index (κ3) is 2.33. The van der Waals surface area contributed by atoms with Crippen molar-refractivity contribution in [1.29, 1.82) is 0 Å². The molecule has 0 fully saturated rings. The minimum Gasteiger partial charge on any atom is -0.392 e. The quantitative estimate of drug-likeness (QED) is 0.821. The summed E-state index contributed by atoms with van der Waals surface area (Å²) in [5.41, 5.74) is 2.01. The molecule has 0 amide bonds. The zero-order valence-electron chi connectivity index (χ0n) is 8.24. The molecule has 2 aromatic rings. The van der Waals surface area contributed by atoms with Crippen LogP contribution in [0.25, 0.3) is 11.8 Å². The van der Waals surface area contributed by atoms with E-state index >= 15 is 0 Å². The summed E-state index contributed by atoms with van der Waals surface area (Å²) < 4.78 is 1.80. The Kier molecular flexibility index (Phi) is 2.95. The van der Waals surface area contributed by atoms with Gasteiger partial charge in [-0.25, -0.2) is 4.68 Å². The summed E-state index contributed by atoms with van der Waals surface area (Å²) in [7, 11) is 0. The number of aromatic nitrogens is 2. The van der Waals surface area contributed by atoms with Gasteiger partial charge in [0, 0.05) is 11.8 Å². The van der Waals surface area contributed by atoms with Crippen molar-refractivity contribution in [2.24, 2.45) is 0 Å². The van der Waals surface area contributed by atoms with Crippen LogP contribution in [-0.4, -0.2) is 21.5 Å². The maximum Gasteiger partial charge on any atom is 0.0645 e. The smallest absolute Gasteiger partial charge is 0.0645 e. The Hall–Kier alpha value is -1.87. The van der Waals surface area contributed by atoms with Crippen molar-refractivity contribution in [2.75, 3.05) is 6.61 Å². The molecular weight excluding hydrogens is 188 g/mol. The van der Waals surface area contributed by atoms with Crippen molar-refractivity contribution in [3.8, 4) is 5.69 Å². The average Bonchev–Trinajstić information content (AvgIpc) is 2.76. The van der Waals surface area contributed by atoms with Crippen molar-refractivity contribution in [1.82, 2.24) is 9.78 Å². The third-order valence-electron chi connectivity index (χ3n) is 2.04. The fourth-order valence-corrected chi connectivity index (χ4v) is 1.33. The first-order valence-corrected chi connectivity index (χ1v) is 4.77. The molecule has 0 aliphatic rings. The van der Waals surface area contributed by atoms with Gasteiger partial charge >= 0.3 is 0 Å². The largest absolute Gasteiger partial charge is 0.392 e. The monoisotopic (exact) mass is 200 g/mol. The molecule has 3 heteroatoms. The van der Waals surface area contributed by atoms with Crippen molar-refractivity contribution in [2.45, 2.75) is 0 Å². The first-order valence-electron chi connectivity index (χ1n) is 4.77. The van der Waals surface area contributed by atoms with Crippen molar-refractivity contribution in [3.63, 3.8) is 0 Å². The van der Waals surface area contributed by atoms with Crippen LogP contribution in [0, 0.1) is 0 Å². The van der Waals surface area contributed by atoms with Gasteiger partial charge < -0.3 is 5.11 Å². The van der Waals surface area contributed by atoms with Gasteiger partial charge in [0.25, 0.3) is 0 Å². The molecule has 76 valence electrons. The van der Waals surface area contributed by atoms with Crippen LogP contribution in [0.5, 0.6) is 0 Å². The van der Waals surface area contributed by atoms with E-state index < -0.39 is 0 Å². The fraction of sp³-hybridized carbons (Fsp3) is 0.0833. The normalized spacial score (nSPS) is 11.0. The number of hydrogen-bond acceptors (Lipinski definition) is 2. The highest BCUT2D eigenvalue weighted by Crippen LogP contribution is 2.08. The first kappa shape index (κ1) is 9.68. The lowest BCUT2D eigenvalue weighted by Crippen LogP contribution is -1.92. The number of nitrogens with zero attached hydrogens (tertiary/aromatic N) is 2. The van der Waals surface area contributed by atoms with Crippen LogP contribution in [-0.2, 0) is 0 Å². The predicted molar refractivity (Wildman–Crippen MR) is 59.7 cm³/mol. The Morgan fingerprint density at radius 2 is 2.07 bits per heavy atom. The lowest BCUT2D eigenvalue weighted by molar-refractivity contribution is 0.343. The number of rotatable bonds is 3. The zero-order valence-corrected chi connectivity index (χ0v) is 8.24. The van der Waals surface area contributed by atoms with Gasteiger partial charge in [-0.3, -0.25) is 0 Å². The lowest BCUT2D eigenvalue weighted by Gasteiger charge is -1.98. The van der Waals surface area contributed by atoms with Crippen LogP contribution >= 0.6 is 0 Å². The molecule has 0 saturated heterocycles. The second-order valence-corrected chi connectivity index (χ2v) is 3.14. The highest BCUT2D eigenvalue weighted by atomic mass is 16.2. The molecule has 3 nitrogen and oxygen atoms in total. The van der Waals surface area contributed by atoms with Crippen LogP contribution < -0.4 is 0 Å². The second kappa shape index (κ2) is 4.57. The van der Waals surface area contributed by atoms with Crippen LogP contribution in [0.3, 0.4) is 0 Å². The Morgan fingerprint density at radius 1 is 1.27 bits per heavy atom. The lowest BCUT2D eigenvalue weighted by atomic mass is 10.3. The van der Waals surface area contributed by atoms with E-state index in [-0.39, 0.29) is 6.61 Å². The van der Waals surface area contributed by atoms with Crippen molar-refractivity contribution >= 4 is 6.08 Å². The molecule has 15 heavy (non-hydrogen) atoms. The molecule has 0 unspecified atom stereocenters. The molecule has 1 aromatic heterocycles. The molecular formula is C12H12N2O. The number of benzene rings is 1. The average molecular weight is 200 g/mol. The summed E-state index contributed by atoms with van der Waals surface area (Å²) in [6, 6.07) is 9.90. The zero-order chi connectivity index (χ0) is 10.5. The van der Waals surface area contributed by atoms with Gasteiger partial charge in [0.05, 0.1) is 18.5 Å². The Bertz CT molecular complexity index is 446. The summed E-state index contributed by atoms with van der Waals surface area (Å²) in [4.78, 5) is 0. The molecule has 0 radical (unpaired) electrons. The fourth-order valence-electron chi connectivity index (χ4n) is 1.33. The van der Waals surface area contributed by atoms with Gasteiger partial charge in [-0.15, -0.1) is 0 Å². The van der Waals surface area contributed by atoms with E-state index in [2.05, 4.69) is 5.10 Å². The van der Waals surface area contributed by atoms with E-state index in [1.807, 2.05) is 42.6 Å². The van der Waals surface area contributed by atoms with Gasteiger partial charge in [0.15, 0.2) is 0 Å². The van der Waals surface area contributed by atoms with E-state index in [0.29, 0.717) is 0 Å². The van der Waals surface area contributed by atoms with Crippen LogP contribution in [0.1, 0.15) is 5.56 Å².